The molecule has 276 valence electrons. The summed E-state index contributed by atoms with van der Waals surface area (Å²) in [6, 6.07) is 13.5. The highest BCUT2D eigenvalue weighted by molar-refractivity contribution is 7.92. The number of nitrogens with one attached hydrogen (secondary N) is 1. The molecule has 52 heavy (non-hydrogen) atoms. The third kappa shape index (κ3) is 8.70. The van der Waals surface area contributed by atoms with E-state index in [9.17, 15) is 13.2 Å². The number of nitrogens with zero attached hydrogens (tertiary/aromatic N) is 6. The first-order valence-electron chi connectivity index (χ1n) is 17.9. The molecule has 0 spiro atoms. The summed E-state index contributed by atoms with van der Waals surface area (Å²) in [4.78, 5) is 37.1. The van der Waals surface area contributed by atoms with Crippen molar-refractivity contribution in [3.63, 3.8) is 0 Å². The number of anilines is 2. The molecule has 2 aliphatic heterocycles. The number of rotatable bonds is 9. The predicted octanol–water partition coefficient (Wildman–Crippen LogP) is 6.58. The van der Waals surface area contributed by atoms with Crippen LogP contribution in [-0.2, 0) is 21.3 Å². The number of carbonyl (C=O) groups excluding carboxylic acids is 1. The normalized spacial score (nSPS) is 18.8. The molecule has 0 aliphatic carbocycles. The summed E-state index contributed by atoms with van der Waals surface area (Å²) in [6.07, 6.45) is 5.96. The number of fused-ring (bicyclic) bond motifs is 4. The highest BCUT2D eigenvalue weighted by Crippen LogP contribution is 2.32. The van der Waals surface area contributed by atoms with Crippen molar-refractivity contribution in [2.45, 2.75) is 97.4 Å². The van der Waals surface area contributed by atoms with Crippen LogP contribution in [0.5, 0.6) is 5.88 Å². The van der Waals surface area contributed by atoms with Gasteiger partial charge in [0, 0.05) is 23.7 Å². The summed E-state index contributed by atoms with van der Waals surface area (Å²) in [5.74, 6) is 0.462. The molecular formula is C39H49N7O5S. The van der Waals surface area contributed by atoms with Gasteiger partial charge in [-0.05, 0) is 81.7 Å². The van der Waals surface area contributed by atoms with Crippen molar-refractivity contribution in [2.75, 3.05) is 29.4 Å². The maximum absolute atomic E-state index is 14.6. The first-order chi connectivity index (χ1) is 24.7. The first-order valence-corrected chi connectivity index (χ1v) is 19.4. The zero-order valence-electron chi connectivity index (χ0n) is 31.1. The van der Waals surface area contributed by atoms with E-state index in [0.29, 0.717) is 24.4 Å². The lowest BCUT2D eigenvalue weighted by Crippen LogP contribution is -2.51. The number of aromatic nitrogens is 4. The summed E-state index contributed by atoms with van der Waals surface area (Å²) in [7, 11) is -4.19. The molecule has 1 N–H and O–H groups in total. The van der Waals surface area contributed by atoms with E-state index in [1.807, 2.05) is 45.9 Å². The van der Waals surface area contributed by atoms with Crippen molar-refractivity contribution >= 4 is 27.7 Å². The van der Waals surface area contributed by atoms with Gasteiger partial charge in [-0.1, -0.05) is 45.0 Å². The lowest BCUT2D eigenvalue weighted by molar-refractivity contribution is 0.0548. The number of sulfonamides is 1. The van der Waals surface area contributed by atoms with E-state index in [0.717, 1.165) is 41.9 Å². The van der Waals surface area contributed by atoms with Crippen LogP contribution in [0.25, 0.3) is 11.3 Å². The predicted molar refractivity (Wildman–Crippen MR) is 201 cm³/mol. The molecule has 4 heterocycles. The van der Waals surface area contributed by atoms with Crippen molar-refractivity contribution in [3.8, 4) is 17.1 Å². The second kappa shape index (κ2) is 15.2. The van der Waals surface area contributed by atoms with Crippen LogP contribution in [0.4, 0.5) is 11.8 Å². The van der Waals surface area contributed by atoms with Crippen LogP contribution in [0.1, 0.15) is 81.1 Å². The Labute approximate surface area is 307 Å². The van der Waals surface area contributed by atoms with Crippen LogP contribution in [0.3, 0.4) is 0 Å². The van der Waals surface area contributed by atoms with Gasteiger partial charge in [0.2, 0.25) is 11.8 Å². The molecular weight excluding hydrogens is 679 g/mol. The largest absolute Gasteiger partial charge is 0.475 e. The second-order valence-electron chi connectivity index (χ2n) is 15.2. The minimum absolute atomic E-state index is 0.0320. The third-order valence-electron chi connectivity index (χ3n) is 9.47. The number of hydrogen-bond acceptors (Lipinski definition) is 10. The van der Waals surface area contributed by atoms with Gasteiger partial charge in [-0.15, -0.1) is 0 Å². The Morgan fingerprint density at radius 2 is 1.75 bits per heavy atom. The summed E-state index contributed by atoms with van der Waals surface area (Å²) < 4.78 is 42.4. The topological polar surface area (TPSA) is 140 Å². The molecule has 1 fully saturated rings. The maximum atomic E-state index is 14.6. The molecule has 13 heteroatoms. The molecule has 1 amide bonds. The Morgan fingerprint density at radius 1 is 1.00 bits per heavy atom. The van der Waals surface area contributed by atoms with Gasteiger partial charge in [0.25, 0.3) is 15.9 Å². The fourth-order valence-corrected chi connectivity index (χ4v) is 7.50. The average Bonchev–Trinajstić information content (AvgIpc) is 3.06. The van der Waals surface area contributed by atoms with Crippen LogP contribution < -0.4 is 14.4 Å². The molecule has 2 aromatic heterocycles. The lowest BCUT2D eigenvalue weighted by atomic mass is 9.88. The number of amides is 1. The Bertz CT molecular complexity index is 2010. The zero-order valence-corrected chi connectivity index (χ0v) is 31.9. The monoisotopic (exact) mass is 727 g/mol. The van der Waals surface area contributed by atoms with Gasteiger partial charge < -0.3 is 19.3 Å². The third-order valence-corrected chi connectivity index (χ3v) is 10.8. The van der Waals surface area contributed by atoms with E-state index < -0.39 is 16.1 Å². The fraction of sp³-hybridized carbons (Fsp3) is 0.462. The number of hydrogen-bond donors (Lipinski definition) is 1. The minimum Gasteiger partial charge on any atom is -0.475 e. The molecule has 2 aliphatic rings. The molecule has 0 saturated carbocycles. The number of aryl methyl sites for hydroxylation is 2. The molecule has 6 rings (SSSR count). The van der Waals surface area contributed by atoms with Gasteiger partial charge in [0.15, 0.2) is 0 Å². The molecule has 1 saturated heterocycles. The molecule has 0 radical (unpaired) electrons. The van der Waals surface area contributed by atoms with Crippen LogP contribution >= 0.6 is 0 Å². The van der Waals surface area contributed by atoms with E-state index in [2.05, 4.69) is 45.3 Å². The van der Waals surface area contributed by atoms with Crippen LogP contribution in [0, 0.1) is 19.3 Å². The second-order valence-corrected chi connectivity index (χ2v) is 16.9. The molecule has 0 unspecified atom stereocenters. The maximum Gasteiger partial charge on any atom is 0.264 e. The highest BCUT2D eigenvalue weighted by Gasteiger charge is 2.32. The fourth-order valence-electron chi connectivity index (χ4n) is 6.51. The smallest absolute Gasteiger partial charge is 0.264 e. The van der Waals surface area contributed by atoms with Crippen molar-refractivity contribution < 1.29 is 22.7 Å². The van der Waals surface area contributed by atoms with Crippen molar-refractivity contribution in [2.24, 2.45) is 5.41 Å². The Kier molecular flexibility index (Phi) is 10.8. The SMILES string of the molecule is Cc1cccc(C)c1-c1cc2nc(n1)NS(=O)(=O)c1cccc(c1)C(=O)N(Cc1cncc(N3CC[C@H]3COC(C)C)n1)[C@H](CCC(C)(C)C)CO2. The summed E-state index contributed by atoms with van der Waals surface area (Å²) in [5.41, 5.74) is 4.14. The number of ether oxygens (including phenoxy) is 2. The quantitative estimate of drug-likeness (QED) is 0.201. The van der Waals surface area contributed by atoms with Crippen molar-refractivity contribution in [1.82, 2.24) is 24.8 Å². The van der Waals surface area contributed by atoms with Crippen LogP contribution in [0.2, 0.25) is 0 Å². The zero-order chi connectivity index (χ0) is 37.2. The Balaban J connectivity index is 1.42. The Hall–Kier alpha value is -4.62. The molecule has 12 nitrogen and oxygen atoms in total. The van der Waals surface area contributed by atoms with E-state index in [-0.39, 0.29) is 58.9 Å². The van der Waals surface area contributed by atoms with Gasteiger partial charge in [-0.2, -0.15) is 4.98 Å². The van der Waals surface area contributed by atoms with Crippen LogP contribution in [-0.4, -0.2) is 77.1 Å². The van der Waals surface area contributed by atoms with Crippen molar-refractivity contribution in [1.29, 1.82) is 0 Å². The number of carbonyl (C=O) groups is 1. The van der Waals surface area contributed by atoms with E-state index >= 15 is 0 Å². The van der Waals surface area contributed by atoms with E-state index in [4.69, 9.17) is 14.5 Å². The summed E-state index contributed by atoms with van der Waals surface area (Å²) >= 11 is 0. The molecule has 4 aromatic rings. The van der Waals surface area contributed by atoms with Crippen molar-refractivity contribution in [3.05, 3.63) is 83.3 Å². The van der Waals surface area contributed by atoms with E-state index in [1.54, 1.807) is 35.5 Å². The molecule has 2 atom stereocenters. The highest BCUT2D eigenvalue weighted by atomic mass is 32.2. The minimum atomic E-state index is -4.19. The van der Waals surface area contributed by atoms with E-state index in [1.165, 1.54) is 12.1 Å². The van der Waals surface area contributed by atoms with Gasteiger partial charge in [0.05, 0.1) is 60.0 Å². The molecule has 4 bridgehead atoms. The lowest BCUT2D eigenvalue weighted by Gasteiger charge is -2.42. The Morgan fingerprint density at radius 3 is 2.44 bits per heavy atom. The first kappa shape index (κ1) is 37.1. The van der Waals surface area contributed by atoms with Gasteiger partial charge in [0.1, 0.15) is 12.4 Å². The van der Waals surface area contributed by atoms with Gasteiger partial charge >= 0.3 is 0 Å². The standard InChI is InChI=1S/C39H49N7O5S/c1-25(2)50-23-31-15-17-45(31)34-21-40-20-29(41-34)22-46-30(14-16-39(5,6)7)24-51-35-19-33(36-26(3)10-8-11-27(36)4)42-38(43-35)44-52(48,49)32-13-9-12-28(18-32)37(46)47/h8-13,18-21,25,30-31H,14-17,22-24H2,1-7H3,(H,42,43,44)/t30-,31+/m1/s1. The van der Waals surface area contributed by atoms with Crippen LogP contribution in [0.15, 0.2) is 65.8 Å². The summed E-state index contributed by atoms with van der Waals surface area (Å²) in [5, 5.41) is 0. The molecule has 2 aromatic carbocycles. The van der Waals surface area contributed by atoms with Gasteiger partial charge in [-0.3, -0.25) is 9.78 Å². The number of benzene rings is 2. The average molecular weight is 728 g/mol. The summed E-state index contributed by atoms with van der Waals surface area (Å²) in [6.45, 7) is 16.2. The van der Waals surface area contributed by atoms with Gasteiger partial charge in [-0.25, -0.2) is 23.1 Å².